The molecule has 86 valence electrons. The van der Waals surface area contributed by atoms with Gasteiger partial charge in [-0.25, -0.2) is 4.39 Å². The first kappa shape index (κ1) is 12.5. The first-order valence-electron chi connectivity index (χ1n) is 4.37. The topological polar surface area (TPSA) is 81.4 Å². The van der Waals surface area contributed by atoms with Crippen molar-refractivity contribution < 1.29 is 19.4 Å². The second-order valence-electron chi connectivity index (χ2n) is 3.24. The molecule has 3 N–H and O–H groups in total. The molecule has 16 heavy (non-hydrogen) atoms. The summed E-state index contributed by atoms with van der Waals surface area (Å²) in [5.74, 6) is -2.82. The number of aromatic hydroxyl groups is 2. The van der Waals surface area contributed by atoms with Crippen LogP contribution in [0.5, 0.6) is 11.5 Å². The van der Waals surface area contributed by atoms with Crippen LogP contribution < -0.4 is 0 Å². The van der Waals surface area contributed by atoms with Crippen molar-refractivity contribution in [2.75, 3.05) is 0 Å². The smallest absolute Gasteiger partial charge is 0.193 e. The van der Waals surface area contributed by atoms with Gasteiger partial charge in [0.2, 0.25) is 0 Å². The Kier molecular flexibility index (Phi) is 3.54. The normalized spacial score (nSPS) is 12.2. The summed E-state index contributed by atoms with van der Waals surface area (Å²) in [6, 6.07) is 1.48. The zero-order chi connectivity index (χ0) is 12.5. The number of rotatable bonds is 3. The van der Waals surface area contributed by atoms with Gasteiger partial charge in [-0.2, -0.15) is 12.6 Å². The van der Waals surface area contributed by atoms with E-state index in [1.807, 2.05) is 0 Å². The lowest BCUT2D eigenvalue weighted by Gasteiger charge is -2.08. The maximum absolute atomic E-state index is 13.3. The van der Waals surface area contributed by atoms with Gasteiger partial charge in [0.25, 0.3) is 0 Å². The predicted molar refractivity (Wildman–Crippen MR) is 60.0 cm³/mol. The standard InChI is InChI=1S/C10H10FNO3S/c1-4(16)10(15)9(12)5-2-7(13)8(14)3-6(5)11/h2-4,12-14,16H,1H3. The zero-order valence-electron chi connectivity index (χ0n) is 8.36. The Hall–Kier alpha value is -1.56. The highest BCUT2D eigenvalue weighted by Crippen LogP contribution is 2.28. The molecule has 1 aromatic carbocycles. The Bertz CT molecular complexity index is 460. The van der Waals surface area contributed by atoms with Crippen molar-refractivity contribution in [2.45, 2.75) is 12.2 Å². The minimum Gasteiger partial charge on any atom is -0.504 e. The highest BCUT2D eigenvalue weighted by Gasteiger charge is 2.20. The van der Waals surface area contributed by atoms with Crippen LogP contribution in [-0.2, 0) is 4.79 Å². The number of phenols is 2. The van der Waals surface area contributed by atoms with Crippen molar-refractivity contribution in [1.29, 1.82) is 5.41 Å². The van der Waals surface area contributed by atoms with Crippen LogP contribution in [0.2, 0.25) is 0 Å². The van der Waals surface area contributed by atoms with Gasteiger partial charge in [0.15, 0.2) is 17.3 Å². The second kappa shape index (κ2) is 4.52. The number of hydrogen-bond donors (Lipinski definition) is 4. The third kappa shape index (κ3) is 2.33. The third-order valence-corrected chi connectivity index (χ3v) is 2.19. The van der Waals surface area contributed by atoms with Crippen molar-refractivity contribution >= 4 is 24.1 Å². The van der Waals surface area contributed by atoms with Crippen LogP contribution in [-0.4, -0.2) is 27.0 Å². The molecule has 6 heteroatoms. The average molecular weight is 243 g/mol. The molecule has 0 saturated carbocycles. The highest BCUT2D eigenvalue weighted by atomic mass is 32.1. The van der Waals surface area contributed by atoms with Crippen molar-refractivity contribution in [3.63, 3.8) is 0 Å². The van der Waals surface area contributed by atoms with Crippen LogP contribution in [0.3, 0.4) is 0 Å². The fourth-order valence-corrected chi connectivity index (χ4v) is 1.21. The number of carbonyl (C=O) groups is 1. The van der Waals surface area contributed by atoms with E-state index in [1.165, 1.54) is 6.92 Å². The lowest BCUT2D eigenvalue weighted by atomic mass is 10.0. The summed E-state index contributed by atoms with van der Waals surface area (Å²) in [4.78, 5) is 11.4. The van der Waals surface area contributed by atoms with Gasteiger partial charge >= 0.3 is 0 Å². The molecule has 4 nitrogen and oxygen atoms in total. The summed E-state index contributed by atoms with van der Waals surface area (Å²) in [5.41, 5.74) is -0.948. The monoisotopic (exact) mass is 243 g/mol. The Balaban J connectivity index is 3.19. The molecule has 1 rings (SSSR count). The van der Waals surface area contributed by atoms with Crippen molar-refractivity contribution in [3.05, 3.63) is 23.5 Å². The Morgan fingerprint density at radius 3 is 2.44 bits per heavy atom. The van der Waals surface area contributed by atoms with Crippen molar-refractivity contribution in [1.82, 2.24) is 0 Å². The van der Waals surface area contributed by atoms with E-state index < -0.39 is 34.1 Å². The number of Topliss-reactive ketones (excluding diaryl/α,β-unsaturated/α-hetero) is 1. The number of thiol groups is 1. The van der Waals surface area contributed by atoms with Crippen LogP contribution in [0.25, 0.3) is 0 Å². The summed E-state index contributed by atoms with van der Waals surface area (Å²) in [6.45, 7) is 1.46. The van der Waals surface area contributed by atoms with Gasteiger partial charge in [-0.05, 0) is 13.0 Å². The number of hydrogen-bond acceptors (Lipinski definition) is 5. The molecule has 0 aliphatic heterocycles. The number of nitrogens with one attached hydrogen (secondary N) is 1. The maximum atomic E-state index is 13.3. The minimum atomic E-state index is -0.942. The lowest BCUT2D eigenvalue weighted by molar-refractivity contribution is -0.112. The van der Waals surface area contributed by atoms with E-state index in [1.54, 1.807) is 0 Å². The quantitative estimate of drug-likeness (QED) is 0.369. The molecule has 1 atom stereocenters. The van der Waals surface area contributed by atoms with Crippen LogP contribution >= 0.6 is 12.6 Å². The van der Waals surface area contributed by atoms with E-state index in [0.717, 1.165) is 6.07 Å². The fraction of sp³-hybridized carbons (Fsp3) is 0.200. The summed E-state index contributed by atoms with van der Waals surface area (Å²) < 4.78 is 13.3. The number of phenolic OH excluding ortho intramolecular Hbond substituents is 2. The van der Waals surface area contributed by atoms with Gasteiger partial charge in [0, 0.05) is 11.6 Å². The molecular formula is C10H10FNO3S. The molecule has 0 bridgehead atoms. The SMILES string of the molecule is CC(S)C(=O)C(=N)c1cc(O)c(O)cc1F. The summed E-state index contributed by atoms with van der Waals surface area (Å²) in [6.07, 6.45) is 0. The first-order chi connectivity index (χ1) is 7.34. The molecular weight excluding hydrogens is 233 g/mol. The maximum Gasteiger partial charge on any atom is 0.193 e. The first-order valence-corrected chi connectivity index (χ1v) is 4.89. The van der Waals surface area contributed by atoms with Gasteiger partial charge in [0.1, 0.15) is 11.5 Å². The highest BCUT2D eigenvalue weighted by molar-refractivity contribution is 7.82. The Morgan fingerprint density at radius 2 is 1.94 bits per heavy atom. The zero-order valence-corrected chi connectivity index (χ0v) is 9.25. The number of benzene rings is 1. The van der Waals surface area contributed by atoms with Crippen LogP contribution in [0, 0.1) is 11.2 Å². The third-order valence-electron chi connectivity index (χ3n) is 1.96. The van der Waals surface area contributed by atoms with Gasteiger partial charge in [0.05, 0.1) is 5.25 Å². The number of ketones is 1. The molecule has 0 saturated heterocycles. The molecule has 0 amide bonds. The van der Waals surface area contributed by atoms with E-state index in [0.29, 0.717) is 6.07 Å². The molecule has 0 aromatic heterocycles. The molecule has 1 aromatic rings. The molecule has 0 aliphatic carbocycles. The van der Waals surface area contributed by atoms with Crippen LogP contribution in [0.1, 0.15) is 12.5 Å². The Morgan fingerprint density at radius 1 is 1.44 bits per heavy atom. The van der Waals surface area contributed by atoms with Crippen LogP contribution in [0.15, 0.2) is 12.1 Å². The average Bonchev–Trinajstić information content (AvgIpc) is 2.21. The molecule has 1 unspecified atom stereocenters. The molecule has 0 heterocycles. The summed E-state index contributed by atoms with van der Waals surface area (Å²) in [7, 11) is 0. The van der Waals surface area contributed by atoms with Crippen LogP contribution in [0.4, 0.5) is 4.39 Å². The van der Waals surface area contributed by atoms with Gasteiger partial charge in [-0.15, -0.1) is 0 Å². The van der Waals surface area contributed by atoms with E-state index in [9.17, 15) is 9.18 Å². The predicted octanol–water partition coefficient (Wildman–Crippen LogP) is 1.49. The Labute approximate surface area is 96.6 Å². The van der Waals surface area contributed by atoms with Gasteiger partial charge in [-0.3, -0.25) is 10.2 Å². The van der Waals surface area contributed by atoms with Crippen molar-refractivity contribution in [2.24, 2.45) is 0 Å². The summed E-state index contributed by atoms with van der Waals surface area (Å²) in [5, 5.41) is 24.9. The van der Waals surface area contributed by atoms with Gasteiger partial charge in [-0.1, -0.05) is 0 Å². The fourth-order valence-electron chi connectivity index (χ4n) is 1.08. The van der Waals surface area contributed by atoms with Gasteiger partial charge < -0.3 is 10.2 Å². The number of halogens is 1. The molecule has 0 radical (unpaired) electrons. The van der Waals surface area contributed by atoms with Crippen molar-refractivity contribution in [3.8, 4) is 11.5 Å². The molecule has 0 fully saturated rings. The summed E-state index contributed by atoms with van der Waals surface area (Å²) >= 11 is 3.84. The molecule has 0 aliphatic rings. The van der Waals surface area contributed by atoms with E-state index >= 15 is 0 Å². The largest absolute Gasteiger partial charge is 0.504 e. The second-order valence-corrected chi connectivity index (χ2v) is 4.01. The lowest BCUT2D eigenvalue weighted by Crippen LogP contribution is -2.23. The van der Waals surface area contributed by atoms with E-state index in [2.05, 4.69) is 12.6 Å². The molecule has 0 spiro atoms. The number of carbonyl (C=O) groups excluding carboxylic acids is 1. The minimum absolute atomic E-state index is 0.360. The van der Waals surface area contributed by atoms with E-state index in [4.69, 9.17) is 15.6 Å². The van der Waals surface area contributed by atoms with E-state index in [-0.39, 0.29) is 5.56 Å².